The van der Waals surface area contributed by atoms with Crippen LogP contribution in [0.15, 0.2) is 67.0 Å². The number of fused-ring (bicyclic) bond motifs is 1. The van der Waals surface area contributed by atoms with E-state index in [1.54, 1.807) is 17.8 Å². The number of aromatic nitrogens is 7. The van der Waals surface area contributed by atoms with Crippen molar-refractivity contribution in [3.8, 4) is 0 Å². The number of anilines is 2. The van der Waals surface area contributed by atoms with Crippen molar-refractivity contribution in [1.82, 2.24) is 39.6 Å². The first-order chi connectivity index (χ1) is 22.0. The molecule has 2 aliphatic heterocycles. The van der Waals surface area contributed by atoms with Crippen LogP contribution in [-0.4, -0.2) is 94.7 Å². The number of nitrogens with zero attached hydrogens (tertiary/aromatic N) is 7. The standard InChI is InChI=1S/C32H38N10O3/c1-20-36-29(40-39-20)27-25(43)26(44)31(45-27)42-19-35-24-28(37-32(38-30(24)42)33-14-17-41-15-8-9-16-41)34-18-23(21-10-4-2-5-11-21)22-12-6-3-7-13-22/h2-7,10-13,19,23,25-27,31,43-44H,8-9,14-18H2,1H3,(H,36,39,40)(H2,33,34,37,38)/t25-,26+,27-,31+/m0/s1. The van der Waals surface area contributed by atoms with Gasteiger partial charge in [0.05, 0.1) is 6.33 Å². The van der Waals surface area contributed by atoms with Crippen molar-refractivity contribution >= 4 is 22.9 Å². The highest BCUT2D eigenvalue weighted by atomic mass is 16.6. The molecule has 5 N–H and O–H groups in total. The van der Waals surface area contributed by atoms with Gasteiger partial charge in [0.1, 0.15) is 24.1 Å². The predicted molar refractivity (Wildman–Crippen MR) is 169 cm³/mol. The number of H-pyrrole nitrogens is 1. The number of rotatable bonds is 11. The van der Waals surface area contributed by atoms with Gasteiger partial charge in [0.25, 0.3) is 0 Å². The average molecular weight is 611 g/mol. The number of aliphatic hydroxyl groups excluding tert-OH is 2. The van der Waals surface area contributed by atoms with E-state index in [0.717, 1.165) is 19.6 Å². The molecule has 0 aliphatic carbocycles. The Hall–Kier alpha value is -4.43. The highest BCUT2D eigenvalue weighted by Crippen LogP contribution is 2.39. The molecule has 0 unspecified atom stereocenters. The molecule has 3 aromatic heterocycles. The molecule has 2 fully saturated rings. The maximum atomic E-state index is 11.1. The van der Waals surface area contributed by atoms with Crippen LogP contribution in [0.5, 0.6) is 0 Å². The Morgan fingerprint density at radius 1 is 0.933 bits per heavy atom. The van der Waals surface area contributed by atoms with E-state index in [2.05, 4.69) is 60.0 Å². The van der Waals surface area contributed by atoms with Gasteiger partial charge in [-0.1, -0.05) is 60.7 Å². The first-order valence-electron chi connectivity index (χ1n) is 15.5. The summed E-state index contributed by atoms with van der Waals surface area (Å²) in [4.78, 5) is 21.1. The molecule has 4 atom stereocenters. The molecular weight excluding hydrogens is 572 g/mol. The maximum absolute atomic E-state index is 11.1. The zero-order valence-corrected chi connectivity index (χ0v) is 25.1. The lowest BCUT2D eigenvalue weighted by Gasteiger charge is -2.20. The molecule has 13 heteroatoms. The minimum absolute atomic E-state index is 0.0623. The van der Waals surface area contributed by atoms with Crippen molar-refractivity contribution in [3.63, 3.8) is 0 Å². The first-order valence-corrected chi connectivity index (χ1v) is 15.5. The number of aromatic amines is 1. The Kier molecular flexibility index (Phi) is 8.39. The van der Waals surface area contributed by atoms with Crippen LogP contribution in [0.4, 0.5) is 11.8 Å². The number of nitrogens with one attached hydrogen (secondary N) is 3. The molecule has 45 heavy (non-hydrogen) atoms. The van der Waals surface area contributed by atoms with Crippen LogP contribution < -0.4 is 10.6 Å². The van der Waals surface area contributed by atoms with Gasteiger partial charge in [0.15, 0.2) is 29.0 Å². The van der Waals surface area contributed by atoms with Gasteiger partial charge in [-0.3, -0.25) is 9.67 Å². The topological polar surface area (TPSA) is 162 Å². The van der Waals surface area contributed by atoms with Crippen LogP contribution in [-0.2, 0) is 4.74 Å². The van der Waals surface area contributed by atoms with Crippen molar-refractivity contribution < 1.29 is 14.9 Å². The molecular formula is C32H38N10O3. The number of hydrogen-bond acceptors (Lipinski definition) is 11. The second kappa shape index (κ2) is 12.9. The molecule has 0 radical (unpaired) electrons. The summed E-state index contributed by atoms with van der Waals surface area (Å²) in [6, 6.07) is 20.8. The summed E-state index contributed by atoms with van der Waals surface area (Å²) >= 11 is 0. The van der Waals surface area contributed by atoms with E-state index in [0.29, 0.717) is 47.7 Å². The lowest BCUT2D eigenvalue weighted by atomic mass is 9.91. The van der Waals surface area contributed by atoms with Gasteiger partial charge in [-0.2, -0.15) is 15.1 Å². The monoisotopic (exact) mass is 610 g/mol. The normalized spacial score (nSPS) is 22.0. The molecule has 5 heterocycles. The largest absolute Gasteiger partial charge is 0.387 e. The second-order valence-corrected chi connectivity index (χ2v) is 11.6. The van der Waals surface area contributed by atoms with Gasteiger partial charge in [-0.25, -0.2) is 9.97 Å². The molecule has 7 rings (SSSR count). The molecule has 2 aliphatic rings. The smallest absolute Gasteiger partial charge is 0.226 e. The predicted octanol–water partition coefficient (Wildman–Crippen LogP) is 3.00. The third-order valence-corrected chi connectivity index (χ3v) is 8.61. The van der Waals surface area contributed by atoms with Gasteiger partial charge in [-0.15, -0.1) is 0 Å². The van der Waals surface area contributed by atoms with Crippen molar-refractivity contribution in [2.75, 3.05) is 43.4 Å². The lowest BCUT2D eigenvalue weighted by molar-refractivity contribution is -0.0382. The minimum atomic E-state index is -1.25. The van der Waals surface area contributed by atoms with Gasteiger partial charge in [0.2, 0.25) is 5.95 Å². The van der Waals surface area contributed by atoms with E-state index in [1.165, 1.54) is 24.0 Å². The molecule has 2 aromatic carbocycles. The van der Waals surface area contributed by atoms with E-state index in [9.17, 15) is 10.2 Å². The van der Waals surface area contributed by atoms with Gasteiger partial charge < -0.3 is 30.5 Å². The SMILES string of the molecule is Cc1n[nH]c([C@H]2O[C@@H](n3cnc4c(NCC(c5ccccc5)c5ccccc5)nc(NCCN5CCCC5)nc43)[C@H](O)[C@@H]2O)n1. The number of aryl methyl sites for hydroxylation is 1. The molecule has 0 amide bonds. The number of imidazole rings is 1. The molecule has 5 aromatic rings. The van der Waals surface area contributed by atoms with Crippen LogP contribution in [0.3, 0.4) is 0 Å². The van der Waals surface area contributed by atoms with E-state index < -0.39 is 24.5 Å². The number of aliphatic hydroxyl groups is 2. The minimum Gasteiger partial charge on any atom is -0.387 e. The second-order valence-electron chi connectivity index (χ2n) is 11.6. The van der Waals surface area contributed by atoms with Crippen LogP contribution in [0, 0.1) is 6.92 Å². The summed E-state index contributed by atoms with van der Waals surface area (Å²) in [7, 11) is 0. The molecule has 0 bridgehead atoms. The van der Waals surface area contributed by atoms with Gasteiger partial charge in [-0.05, 0) is 44.0 Å². The molecule has 13 nitrogen and oxygen atoms in total. The number of ether oxygens (including phenoxy) is 1. The number of benzene rings is 2. The summed E-state index contributed by atoms with van der Waals surface area (Å²) in [5.41, 5.74) is 3.37. The highest BCUT2D eigenvalue weighted by Gasteiger charge is 2.46. The first kappa shape index (κ1) is 29.3. The summed E-state index contributed by atoms with van der Waals surface area (Å²) in [6.07, 6.45) is -0.306. The zero-order valence-electron chi connectivity index (χ0n) is 25.1. The van der Waals surface area contributed by atoms with Gasteiger partial charge in [0, 0.05) is 25.6 Å². The third kappa shape index (κ3) is 6.12. The fourth-order valence-corrected chi connectivity index (χ4v) is 6.24. The lowest BCUT2D eigenvalue weighted by Crippen LogP contribution is -2.29. The van der Waals surface area contributed by atoms with Crippen LogP contribution in [0.25, 0.3) is 11.2 Å². The average Bonchev–Trinajstić information content (AvgIpc) is 3.88. The van der Waals surface area contributed by atoms with Crippen LogP contribution in [0.2, 0.25) is 0 Å². The number of likely N-dealkylation sites (tertiary alicyclic amines) is 1. The van der Waals surface area contributed by atoms with E-state index in [4.69, 9.17) is 14.7 Å². The molecule has 2 saturated heterocycles. The fourth-order valence-electron chi connectivity index (χ4n) is 6.24. The van der Waals surface area contributed by atoms with E-state index >= 15 is 0 Å². The zero-order chi connectivity index (χ0) is 30.8. The fraction of sp³-hybridized carbons (Fsp3) is 0.406. The third-order valence-electron chi connectivity index (χ3n) is 8.61. The summed E-state index contributed by atoms with van der Waals surface area (Å²) in [5.74, 6) is 1.93. The van der Waals surface area contributed by atoms with Gasteiger partial charge >= 0.3 is 0 Å². The van der Waals surface area contributed by atoms with Crippen molar-refractivity contribution in [2.24, 2.45) is 0 Å². The highest BCUT2D eigenvalue weighted by molar-refractivity contribution is 5.84. The summed E-state index contributed by atoms with van der Waals surface area (Å²) in [5, 5.41) is 35.8. The number of hydrogen-bond donors (Lipinski definition) is 5. The Morgan fingerprint density at radius 3 is 2.31 bits per heavy atom. The quantitative estimate of drug-likeness (QED) is 0.149. The van der Waals surface area contributed by atoms with Crippen LogP contribution in [0.1, 0.15) is 53.9 Å². The van der Waals surface area contributed by atoms with Crippen molar-refractivity contribution in [1.29, 1.82) is 0 Å². The Balaban J connectivity index is 1.20. The van der Waals surface area contributed by atoms with E-state index in [-0.39, 0.29) is 5.92 Å². The Bertz CT molecular complexity index is 1670. The van der Waals surface area contributed by atoms with Crippen LogP contribution >= 0.6 is 0 Å². The Labute approximate surface area is 260 Å². The Morgan fingerprint density at radius 2 is 1.64 bits per heavy atom. The van der Waals surface area contributed by atoms with Crippen molar-refractivity contribution in [2.45, 2.75) is 50.2 Å². The molecule has 0 spiro atoms. The molecule has 0 saturated carbocycles. The molecule has 234 valence electrons. The van der Waals surface area contributed by atoms with E-state index in [1.807, 2.05) is 36.4 Å². The van der Waals surface area contributed by atoms with Crippen molar-refractivity contribution in [3.05, 3.63) is 89.8 Å². The summed E-state index contributed by atoms with van der Waals surface area (Å²) in [6.45, 7) is 6.09. The maximum Gasteiger partial charge on any atom is 0.226 e. The summed E-state index contributed by atoms with van der Waals surface area (Å²) < 4.78 is 7.81.